The van der Waals surface area contributed by atoms with Crippen LogP contribution in [0.5, 0.6) is 0 Å². The van der Waals surface area contributed by atoms with Gasteiger partial charge in [-0.05, 0) is 43.4 Å². The summed E-state index contributed by atoms with van der Waals surface area (Å²) in [7, 11) is 2.00. The van der Waals surface area contributed by atoms with E-state index < -0.39 is 0 Å². The number of anilines is 1. The van der Waals surface area contributed by atoms with Gasteiger partial charge in [0, 0.05) is 61.4 Å². The highest BCUT2D eigenvalue weighted by Gasteiger charge is 2.26. The summed E-state index contributed by atoms with van der Waals surface area (Å²) < 4.78 is 2.24. The van der Waals surface area contributed by atoms with Crippen LogP contribution in [0.3, 0.4) is 0 Å². The molecule has 2 heterocycles. The van der Waals surface area contributed by atoms with Crippen molar-refractivity contribution in [3.63, 3.8) is 0 Å². The number of rotatable bonds is 10. The quantitative estimate of drug-likeness (QED) is 0.434. The molecule has 1 aromatic carbocycles. The SMILES string of the molecule is C=C.C=Cc1cnn(C2CCCC2)c1-c1cc(C(=C)N2CCN(CCCO)C2)c(CC)cc1NC. The van der Waals surface area contributed by atoms with Crippen LogP contribution in [0, 0.1) is 0 Å². The molecule has 4 rings (SSSR count). The molecular formula is C29H43N5O. The molecular weight excluding hydrogens is 434 g/mol. The zero-order chi connectivity index (χ0) is 25.4. The van der Waals surface area contributed by atoms with Gasteiger partial charge in [0.15, 0.2) is 0 Å². The summed E-state index contributed by atoms with van der Waals surface area (Å²) in [5, 5.41) is 17.4. The van der Waals surface area contributed by atoms with E-state index in [1.165, 1.54) is 42.4 Å². The van der Waals surface area contributed by atoms with Gasteiger partial charge in [0.1, 0.15) is 0 Å². The van der Waals surface area contributed by atoms with Crippen molar-refractivity contribution in [2.45, 2.75) is 51.5 Å². The second-order valence-corrected chi connectivity index (χ2v) is 9.24. The number of nitrogens with zero attached hydrogens (tertiary/aromatic N) is 4. The summed E-state index contributed by atoms with van der Waals surface area (Å²) in [5.74, 6) is 0. The lowest BCUT2D eigenvalue weighted by Crippen LogP contribution is -2.26. The monoisotopic (exact) mass is 477 g/mol. The van der Waals surface area contributed by atoms with Crippen LogP contribution in [0.25, 0.3) is 23.0 Å². The minimum absolute atomic E-state index is 0.243. The van der Waals surface area contributed by atoms with Crippen LogP contribution in [0.1, 0.15) is 61.8 Å². The van der Waals surface area contributed by atoms with E-state index in [1.54, 1.807) is 0 Å². The van der Waals surface area contributed by atoms with Crippen molar-refractivity contribution < 1.29 is 5.11 Å². The van der Waals surface area contributed by atoms with Crippen LogP contribution >= 0.6 is 0 Å². The highest BCUT2D eigenvalue weighted by atomic mass is 16.3. The van der Waals surface area contributed by atoms with Crippen molar-refractivity contribution in [2.75, 3.05) is 45.3 Å². The molecule has 6 nitrogen and oxygen atoms in total. The van der Waals surface area contributed by atoms with Crippen molar-refractivity contribution >= 4 is 17.5 Å². The third kappa shape index (κ3) is 5.71. The van der Waals surface area contributed by atoms with Crippen molar-refractivity contribution in [2.24, 2.45) is 0 Å². The molecule has 35 heavy (non-hydrogen) atoms. The summed E-state index contributed by atoms with van der Waals surface area (Å²) >= 11 is 0. The van der Waals surface area contributed by atoms with Crippen LogP contribution in [0.2, 0.25) is 0 Å². The van der Waals surface area contributed by atoms with Crippen molar-refractivity contribution in [3.8, 4) is 11.3 Å². The highest BCUT2D eigenvalue weighted by molar-refractivity contribution is 5.85. The molecule has 190 valence electrons. The van der Waals surface area contributed by atoms with Gasteiger partial charge in [0.05, 0.1) is 24.6 Å². The Kier molecular flexibility index (Phi) is 9.75. The fourth-order valence-corrected chi connectivity index (χ4v) is 5.35. The van der Waals surface area contributed by atoms with Gasteiger partial charge in [-0.1, -0.05) is 39.0 Å². The molecule has 2 fully saturated rings. The van der Waals surface area contributed by atoms with Crippen LogP contribution in [-0.4, -0.2) is 64.6 Å². The van der Waals surface area contributed by atoms with E-state index in [0.717, 1.165) is 61.8 Å². The lowest BCUT2D eigenvalue weighted by Gasteiger charge is -2.26. The number of hydrogen-bond acceptors (Lipinski definition) is 5. The first-order chi connectivity index (χ1) is 17.1. The van der Waals surface area contributed by atoms with E-state index in [4.69, 9.17) is 5.10 Å². The van der Waals surface area contributed by atoms with Crippen LogP contribution in [0.15, 0.2) is 44.6 Å². The zero-order valence-corrected chi connectivity index (χ0v) is 21.7. The van der Waals surface area contributed by atoms with Crippen molar-refractivity contribution in [3.05, 3.63) is 61.3 Å². The molecule has 1 saturated carbocycles. The third-order valence-corrected chi connectivity index (χ3v) is 7.24. The Balaban J connectivity index is 0.00000167. The van der Waals surface area contributed by atoms with E-state index in [0.29, 0.717) is 6.04 Å². The number of aliphatic hydroxyl groups excluding tert-OH is 1. The van der Waals surface area contributed by atoms with Gasteiger partial charge in [-0.15, -0.1) is 13.2 Å². The maximum Gasteiger partial charge on any atom is 0.0778 e. The first kappa shape index (κ1) is 26.8. The molecule has 0 spiro atoms. The predicted octanol–water partition coefficient (Wildman–Crippen LogP) is 5.64. The minimum Gasteiger partial charge on any atom is -0.396 e. The summed E-state index contributed by atoms with van der Waals surface area (Å²) in [6, 6.07) is 5.06. The fourth-order valence-electron chi connectivity index (χ4n) is 5.35. The molecule has 1 aliphatic carbocycles. The molecule has 0 bridgehead atoms. The van der Waals surface area contributed by atoms with E-state index in [9.17, 15) is 5.11 Å². The standard InChI is InChI=1S/C27H39N5O.C2H4/c1-5-21-16-26(28-4)25(27-22(6-2)18-29-32(27)23-10-7-8-11-23)17-24(21)20(3)31-14-13-30(19-31)12-9-15-33;1-2/h6,16-18,23,28,33H,2-3,5,7-15,19H2,1,4H3;1-2H2. The summed E-state index contributed by atoms with van der Waals surface area (Å²) in [6.07, 6.45) is 10.6. The van der Waals surface area contributed by atoms with Crippen molar-refractivity contribution in [1.82, 2.24) is 19.6 Å². The lowest BCUT2D eigenvalue weighted by molar-refractivity contribution is 0.236. The van der Waals surface area contributed by atoms with Crippen LogP contribution in [0.4, 0.5) is 5.69 Å². The van der Waals surface area contributed by atoms with E-state index in [1.807, 2.05) is 19.3 Å². The average molecular weight is 478 g/mol. The lowest BCUT2D eigenvalue weighted by atomic mass is 9.94. The Labute approximate surface area is 211 Å². The Hall–Kier alpha value is -2.83. The third-order valence-electron chi connectivity index (χ3n) is 7.24. The number of aliphatic hydroxyl groups is 1. The number of hydrogen-bond donors (Lipinski definition) is 2. The Bertz CT molecular complexity index is 1000. The molecule has 0 amide bonds. The Morgan fingerprint density at radius 1 is 1.23 bits per heavy atom. The van der Waals surface area contributed by atoms with Gasteiger partial charge in [-0.2, -0.15) is 5.10 Å². The van der Waals surface area contributed by atoms with Gasteiger partial charge in [0.2, 0.25) is 0 Å². The van der Waals surface area contributed by atoms with Gasteiger partial charge in [-0.3, -0.25) is 9.58 Å². The molecule has 0 atom stereocenters. The molecule has 2 N–H and O–H groups in total. The first-order valence-corrected chi connectivity index (χ1v) is 12.9. The Morgan fingerprint density at radius 3 is 2.60 bits per heavy atom. The van der Waals surface area contributed by atoms with E-state index in [-0.39, 0.29) is 6.61 Å². The molecule has 1 aromatic heterocycles. The molecule has 2 aliphatic rings. The molecule has 0 unspecified atom stereocenters. The topological polar surface area (TPSA) is 56.6 Å². The smallest absolute Gasteiger partial charge is 0.0778 e. The van der Waals surface area contributed by atoms with Gasteiger partial charge in [-0.25, -0.2) is 0 Å². The average Bonchev–Trinajstić information content (AvgIpc) is 3.67. The van der Waals surface area contributed by atoms with Gasteiger partial charge < -0.3 is 15.3 Å². The normalized spacial score (nSPS) is 16.3. The fraction of sp³-hybridized carbons (Fsp3) is 0.483. The maximum atomic E-state index is 9.18. The number of benzene rings is 1. The number of aromatic nitrogens is 2. The van der Waals surface area contributed by atoms with Gasteiger partial charge >= 0.3 is 0 Å². The van der Waals surface area contributed by atoms with E-state index >= 15 is 0 Å². The number of nitrogens with one attached hydrogen (secondary N) is 1. The van der Waals surface area contributed by atoms with Crippen LogP contribution < -0.4 is 5.32 Å². The van der Waals surface area contributed by atoms with Crippen LogP contribution in [-0.2, 0) is 6.42 Å². The minimum atomic E-state index is 0.243. The van der Waals surface area contributed by atoms with Crippen molar-refractivity contribution in [1.29, 1.82) is 0 Å². The molecule has 1 aliphatic heterocycles. The number of aryl methyl sites for hydroxylation is 1. The first-order valence-electron chi connectivity index (χ1n) is 12.9. The highest BCUT2D eigenvalue weighted by Crippen LogP contribution is 2.40. The molecule has 6 heteroatoms. The second kappa shape index (κ2) is 12.8. The largest absolute Gasteiger partial charge is 0.396 e. The summed E-state index contributed by atoms with van der Waals surface area (Å²) in [4.78, 5) is 4.76. The Morgan fingerprint density at radius 2 is 1.97 bits per heavy atom. The van der Waals surface area contributed by atoms with E-state index in [2.05, 4.69) is 65.2 Å². The summed E-state index contributed by atoms with van der Waals surface area (Å²) in [5.41, 5.74) is 8.12. The summed E-state index contributed by atoms with van der Waals surface area (Å²) in [6.45, 7) is 20.8. The molecule has 1 saturated heterocycles. The molecule has 0 radical (unpaired) electrons. The predicted molar refractivity (Wildman–Crippen MR) is 149 cm³/mol. The second-order valence-electron chi connectivity index (χ2n) is 9.24. The zero-order valence-electron chi connectivity index (χ0n) is 21.7. The maximum absolute atomic E-state index is 9.18. The van der Waals surface area contributed by atoms with Gasteiger partial charge in [0.25, 0.3) is 0 Å². The molecule has 2 aromatic rings.